The molecule has 5 heterocycles. The fourth-order valence-corrected chi connectivity index (χ4v) is 13.1. The number of amides is 1. The summed E-state index contributed by atoms with van der Waals surface area (Å²) in [6, 6.07) is 2.52. The predicted molar refractivity (Wildman–Crippen MR) is 307 cm³/mol. The van der Waals surface area contributed by atoms with Crippen LogP contribution in [0.1, 0.15) is 131 Å². The number of esters is 2. The topological polar surface area (TPSA) is 291 Å². The molecular formula is C59H90ClN5O19. The smallest absolute Gasteiger partial charge is 0.477 e. The number of ether oxygens (including phenoxy) is 10. The molecule has 0 radical (unpaired) electrons. The number of carboxylic acid groups (broad SMARTS) is 1. The van der Waals surface area contributed by atoms with Crippen molar-refractivity contribution in [3.05, 3.63) is 39.1 Å². The number of carboxylic acids is 1. The average molecular weight is 1210 g/mol. The molecule has 1 aromatic heterocycles. The summed E-state index contributed by atoms with van der Waals surface area (Å²) in [5.74, 6) is -5.46. The van der Waals surface area contributed by atoms with Gasteiger partial charge in [0.1, 0.15) is 29.9 Å². The van der Waals surface area contributed by atoms with Crippen molar-refractivity contribution < 1.29 is 86.7 Å². The van der Waals surface area contributed by atoms with Crippen molar-refractivity contribution in [2.45, 2.75) is 211 Å². The van der Waals surface area contributed by atoms with E-state index in [-0.39, 0.29) is 80.5 Å². The van der Waals surface area contributed by atoms with Gasteiger partial charge in [0, 0.05) is 68.7 Å². The highest BCUT2D eigenvalue weighted by Gasteiger charge is 2.59. The lowest BCUT2D eigenvalue weighted by molar-refractivity contribution is -0.318. The highest BCUT2D eigenvalue weighted by Crippen LogP contribution is 2.43. The Morgan fingerprint density at radius 1 is 0.952 bits per heavy atom. The first-order valence-electron chi connectivity index (χ1n) is 29.4. The number of carbonyl (C=O) groups excluding carboxylic acids is 4. The second kappa shape index (κ2) is 27.5. The second-order valence-corrected chi connectivity index (χ2v) is 25.2. The molecule has 25 heteroatoms. The van der Waals surface area contributed by atoms with Crippen molar-refractivity contribution in [3.63, 3.8) is 0 Å². The standard InChI is InChI=1S/C59H90ClN5O19/c1-15-43-59(10)51(83-56(73)84-59)34(6)64(13)28-30(2)25-57(8,74)50(82-55-48(69)42(63(11)12)22-31(3)77-55)32(4)49(33(5)54(72)79-43)81-46-26-58(9,75-14)52(35(7)78-46)80-45(67)27-62-44(66)18-20-76-21-19-61-40-23-37-41(24-39(40)60)65(36-16-17-36)29-38(47(37)68)53(70)71/h23-24,29-36,42-43,46,48-52,55,61,69,74H,15-22,25-28H2,1-14H3,(H,62,66)(H,70,71)/t30-,31+,32+,33+,34+,35-,42-,43-,46-,48+,49-,50+,51+,52-,55-,57+,58+,59+/m0/s1. The molecule has 18 atom stereocenters. The van der Waals surface area contributed by atoms with Crippen molar-refractivity contribution in [3.8, 4) is 0 Å². The summed E-state index contributed by atoms with van der Waals surface area (Å²) in [7, 11) is 7.07. The first-order chi connectivity index (χ1) is 39.4. The number of nitrogens with zero attached hydrogens (tertiary/aromatic N) is 3. The van der Waals surface area contributed by atoms with Crippen LogP contribution in [0.4, 0.5) is 10.5 Å². The normalized spacial score (nSPS) is 36.4. The predicted octanol–water partition coefficient (Wildman–Crippen LogP) is 5.27. The number of aliphatic hydroxyl groups is 2. The molecule has 84 heavy (non-hydrogen) atoms. The fourth-order valence-electron chi connectivity index (χ4n) is 12.8. The number of hydrogen-bond acceptors (Lipinski definition) is 21. The van der Waals surface area contributed by atoms with Crippen molar-refractivity contribution in [2.24, 2.45) is 17.8 Å². The minimum Gasteiger partial charge on any atom is -0.477 e. The molecule has 4 saturated heterocycles. The van der Waals surface area contributed by atoms with E-state index in [9.17, 15) is 44.1 Å². The summed E-state index contributed by atoms with van der Waals surface area (Å²) in [5, 5.41) is 40.6. The van der Waals surface area contributed by atoms with Gasteiger partial charge in [0.15, 0.2) is 30.4 Å². The van der Waals surface area contributed by atoms with Crippen molar-refractivity contribution >= 4 is 58.2 Å². The zero-order valence-corrected chi connectivity index (χ0v) is 51.8. The number of cyclic esters (lactones) is 1. The number of halogens is 1. The molecule has 0 spiro atoms. The van der Waals surface area contributed by atoms with Gasteiger partial charge in [0.25, 0.3) is 0 Å². The maximum absolute atomic E-state index is 14.8. The molecular weight excluding hydrogens is 1120 g/mol. The number of methoxy groups -OCH3 is 1. The number of fused-ring (bicyclic) bond motifs is 2. The molecule has 1 saturated carbocycles. The second-order valence-electron chi connectivity index (χ2n) is 24.8. The minimum atomic E-state index is -1.66. The van der Waals surface area contributed by atoms with Crippen molar-refractivity contribution in [1.29, 1.82) is 0 Å². The third-order valence-electron chi connectivity index (χ3n) is 17.6. The van der Waals surface area contributed by atoms with Crippen LogP contribution in [0.2, 0.25) is 5.02 Å². The van der Waals surface area contributed by atoms with Crippen molar-refractivity contribution in [1.82, 2.24) is 19.7 Å². The Morgan fingerprint density at radius 3 is 2.30 bits per heavy atom. The molecule has 5 fully saturated rings. The van der Waals surface area contributed by atoms with Gasteiger partial charge in [-0.15, -0.1) is 0 Å². The molecule has 1 aromatic carbocycles. The van der Waals surface area contributed by atoms with Gasteiger partial charge in [0.2, 0.25) is 11.3 Å². The van der Waals surface area contributed by atoms with Crippen molar-refractivity contribution in [2.75, 3.05) is 66.4 Å². The van der Waals surface area contributed by atoms with Gasteiger partial charge in [-0.3, -0.25) is 24.1 Å². The van der Waals surface area contributed by atoms with Gasteiger partial charge in [-0.25, -0.2) is 9.59 Å². The van der Waals surface area contributed by atoms with Crippen LogP contribution in [0.15, 0.2) is 23.1 Å². The summed E-state index contributed by atoms with van der Waals surface area (Å²) in [6.45, 7) is 18.1. The van der Waals surface area contributed by atoms with E-state index < -0.39 is 132 Å². The fraction of sp³-hybridized carbons (Fsp3) is 0.763. The Kier molecular flexibility index (Phi) is 21.9. The Morgan fingerprint density at radius 2 is 1.65 bits per heavy atom. The third-order valence-corrected chi connectivity index (χ3v) is 18.0. The van der Waals surface area contributed by atoms with Crippen LogP contribution in [-0.2, 0) is 61.8 Å². The van der Waals surface area contributed by atoms with Gasteiger partial charge in [-0.2, -0.15) is 0 Å². The number of rotatable bonds is 19. The van der Waals surface area contributed by atoms with Gasteiger partial charge < -0.3 is 82.8 Å². The number of pyridine rings is 1. The Hall–Kier alpha value is -4.73. The van der Waals surface area contributed by atoms with Crippen LogP contribution in [0.3, 0.4) is 0 Å². The number of carbonyl (C=O) groups is 5. The largest absolute Gasteiger partial charge is 0.509 e. The molecule has 2 aromatic rings. The van der Waals surface area contributed by atoms with Crippen LogP contribution in [0.25, 0.3) is 10.9 Å². The van der Waals surface area contributed by atoms with Crippen LogP contribution in [0, 0.1) is 17.8 Å². The van der Waals surface area contributed by atoms with E-state index >= 15 is 0 Å². The zero-order valence-electron chi connectivity index (χ0n) is 51.0. The van der Waals surface area contributed by atoms with Gasteiger partial charge in [0.05, 0.1) is 65.4 Å². The number of likely N-dealkylation sites (N-methyl/N-ethyl adjacent to an activating group) is 2. The molecule has 1 aliphatic carbocycles. The van der Waals surface area contributed by atoms with Gasteiger partial charge in [-0.1, -0.05) is 32.4 Å². The van der Waals surface area contributed by atoms with Gasteiger partial charge in [-0.05, 0) is 120 Å². The Balaban J connectivity index is 1.02. The maximum Gasteiger partial charge on any atom is 0.509 e. The summed E-state index contributed by atoms with van der Waals surface area (Å²) in [6.07, 6.45) is -6.72. The number of anilines is 1. The highest BCUT2D eigenvalue weighted by atomic mass is 35.5. The van der Waals surface area contributed by atoms with E-state index in [0.717, 1.165) is 12.8 Å². The van der Waals surface area contributed by atoms with E-state index in [2.05, 4.69) is 10.6 Å². The zero-order chi connectivity index (χ0) is 61.9. The SMILES string of the molecule is CC[C@@H]1OC(=O)[C@H](C)[C@@H](O[C@H]2C[C@@](C)(OC)[C@@H](OC(=O)CNC(=O)CCOCCNc3cc4c(=O)c(C(=O)O)cn(C5CC5)c4cc3Cl)[C@H](C)O2)[C@@H](C)[C@@H](O[C@@H]2O[C@H](C)C[C@H](N(C)C)[C@H]2O)[C@](C)(O)C[C@H](C)CN(C)[C@H](C)[C@H]2OC(=O)O[C@]12C. The molecule has 4 aliphatic heterocycles. The Labute approximate surface area is 496 Å². The van der Waals surface area contributed by atoms with Crippen LogP contribution >= 0.6 is 11.6 Å². The molecule has 1 amide bonds. The van der Waals surface area contributed by atoms with E-state index in [0.29, 0.717) is 29.2 Å². The summed E-state index contributed by atoms with van der Waals surface area (Å²) in [4.78, 5) is 83.0. The summed E-state index contributed by atoms with van der Waals surface area (Å²) < 4.78 is 64.1. The van der Waals surface area contributed by atoms with E-state index in [1.807, 2.05) is 58.6 Å². The molecule has 0 bridgehead atoms. The monoisotopic (exact) mass is 1210 g/mol. The van der Waals surface area contributed by atoms with E-state index in [4.69, 9.17) is 59.0 Å². The number of aromatic carboxylic acids is 1. The highest BCUT2D eigenvalue weighted by molar-refractivity contribution is 6.34. The lowest BCUT2D eigenvalue weighted by atomic mass is 9.77. The lowest BCUT2D eigenvalue weighted by Gasteiger charge is -2.49. The number of aliphatic hydroxyl groups excluding tert-OH is 1. The summed E-state index contributed by atoms with van der Waals surface area (Å²) in [5.41, 5.74) is -4.27. The van der Waals surface area contributed by atoms with E-state index in [1.54, 1.807) is 52.2 Å². The Bertz CT molecular complexity index is 2730. The maximum atomic E-state index is 14.8. The molecule has 5 aliphatic rings. The first kappa shape index (κ1) is 66.8. The third kappa shape index (κ3) is 15.1. The summed E-state index contributed by atoms with van der Waals surface area (Å²) >= 11 is 6.58. The van der Waals surface area contributed by atoms with Crippen LogP contribution in [-0.4, -0.2) is 211 Å². The molecule has 24 nitrogen and oxygen atoms in total. The molecule has 472 valence electrons. The lowest BCUT2D eigenvalue weighted by Crippen LogP contribution is -2.61. The number of benzene rings is 1. The minimum absolute atomic E-state index is 0.00489. The number of nitrogens with one attached hydrogen (secondary N) is 2. The molecule has 5 N–H and O–H groups in total. The van der Waals surface area contributed by atoms with Gasteiger partial charge >= 0.3 is 24.1 Å². The first-order valence-corrected chi connectivity index (χ1v) is 29.7. The number of aromatic nitrogens is 1. The van der Waals surface area contributed by atoms with Crippen LogP contribution in [0.5, 0.6) is 0 Å². The number of hydrogen-bond donors (Lipinski definition) is 5. The molecule has 0 unspecified atom stereocenters. The average Bonchev–Trinajstić information content (AvgIpc) is 1.85. The van der Waals surface area contributed by atoms with E-state index in [1.165, 1.54) is 19.4 Å². The van der Waals surface area contributed by atoms with Crippen LogP contribution < -0.4 is 16.1 Å². The molecule has 7 rings (SSSR count). The quantitative estimate of drug-likeness (QED) is 0.0680.